The molecule has 1 aliphatic rings. The monoisotopic (exact) mass is 305 g/mol. The Bertz CT molecular complexity index is 501. The molecular formula is C14H16O2Y. The Morgan fingerprint density at radius 3 is 2.47 bits per heavy atom. The molecule has 1 aromatic carbocycles. The number of carbonyl (C=O) groups is 1. The topological polar surface area (TPSA) is 37.3 Å². The molecule has 0 amide bonds. The van der Waals surface area contributed by atoms with Crippen molar-refractivity contribution in [3.63, 3.8) is 0 Å². The molecule has 0 spiro atoms. The van der Waals surface area contributed by atoms with Crippen LogP contribution in [0.3, 0.4) is 0 Å². The van der Waals surface area contributed by atoms with Crippen molar-refractivity contribution in [3.05, 3.63) is 40.0 Å². The molecule has 17 heavy (non-hydrogen) atoms. The molecule has 1 N–H and O–H groups in total. The summed E-state index contributed by atoms with van der Waals surface area (Å²) in [6, 6.07) is 2.12. The molecule has 0 fully saturated rings. The number of hydrogen-bond acceptors (Lipinski definition) is 1. The van der Waals surface area contributed by atoms with Gasteiger partial charge in [0.2, 0.25) is 0 Å². The molecule has 0 saturated carbocycles. The number of aliphatic carboxylic acids is 1. The fourth-order valence-electron chi connectivity index (χ4n) is 2.44. The molecule has 1 aromatic rings. The fourth-order valence-corrected chi connectivity index (χ4v) is 2.44. The van der Waals surface area contributed by atoms with Gasteiger partial charge in [-0.15, -0.1) is 0 Å². The Hall–Kier alpha value is -0.466. The number of hydrogen-bond donors (Lipinski definition) is 1. The zero-order chi connectivity index (χ0) is 11.9. The van der Waals surface area contributed by atoms with Gasteiger partial charge in [0.1, 0.15) is 0 Å². The smallest absolute Gasteiger partial charge is 0.328 e. The maximum atomic E-state index is 10.7. The minimum atomic E-state index is -0.848. The van der Waals surface area contributed by atoms with Gasteiger partial charge in [-0.2, -0.15) is 0 Å². The van der Waals surface area contributed by atoms with E-state index in [1.165, 1.54) is 28.3 Å². The Balaban J connectivity index is 0.00000144. The van der Waals surface area contributed by atoms with Gasteiger partial charge in [-0.3, -0.25) is 0 Å². The molecule has 2 nitrogen and oxygen atoms in total. The van der Waals surface area contributed by atoms with E-state index in [0.717, 1.165) is 24.0 Å². The second-order valence-electron chi connectivity index (χ2n) is 4.48. The average molecular weight is 305 g/mol. The molecule has 0 heterocycles. The molecule has 0 unspecified atom stereocenters. The minimum absolute atomic E-state index is 0. The Kier molecular flexibility index (Phi) is 4.68. The first kappa shape index (κ1) is 14.6. The minimum Gasteiger partial charge on any atom is -0.478 e. The maximum Gasteiger partial charge on any atom is 0.328 e. The maximum absolute atomic E-state index is 10.7. The molecule has 1 radical (unpaired) electrons. The summed E-state index contributed by atoms with van der Waals surface area (Å²) in [5.74, 6) is -0.848. The SMILES string of the molecule is Cc1cc2c(c(C)c1C)CC/C2=C/C(=O)O.[Y]. The van der Waals surface area contributed by atoms with E-state index in [1.54, 1.807) is 0 Å². The molecule has 0 aromatic heterocycles. The van der Waals surface area contributed by atoms with Crippen LogP contribution in [0.4, 0.5) is 0 Å². The van der Waals surface area contributed by atoms with Gasteiger partial charge in [0.25, 0.3) is 0 Å². The normalized spacial score (nSPS) is 15.6. The van der Waals surface area contributed by atoms with Crippen LogP contribution in [-0.2, 0) is 43.9 Å². The zero-order valence-electron chi connectivity index (χ0n) is 10.5. The number of carboxylic acids is 1. The molecule has 1 aliphatic carbocycles. The van der Waals surface area contributed by atoms with Gasteiger partial charge in [0, 0.05) is 38.8 Å². The van der Waals surface area contributed by atoms with Crippen LogP contribution in [0.2, 0.25) is 0 Å². The standard InChI is InChI=1S/C14H16O2.Y/c1-8-6-13-11(7-14(15)16)4-5-12(13)10(3)9(8)2;/h6-7H,4-5H2,1-3H3,(H,15,16);/b11-7-;. The van der Waals surface area contributed by atoms with Crippen molar-refractivity contribution in [3.8, 4) is 0 Å². The second-order valence-corrected chi connectivity index (χ2v) is 4.48. The van der Waals surface area contributed by atoms with Crippen molar-refractivity contribution < 1.29 is 42.6 Å². The first-order chi connectivity index (χ1) is 7.50. The third-order valence-corrected chi connectivity index (χ3v) is 3.58. The Morgan fingerprint density at radius 1 is 1.24 bits per heavy atom. The number of benzene rings is 1. The predicted molar refractivity (Wildman–Crippen MR) is 64.6 cm³/mol. The molecule has 87 valence electrons. The summed E-state index contributed by atoms with van der Waals surface area (Å²) >= 11 is 0. The largest absolute Gasteiger partial charge is 0.478 e. The summed E-state index contributed by atoms with van der Waals surface area (Å²) in [5, 5.41) is 8.82. The van der Waals surface area contributed by atoms with E-state index in [9.17, 15) is 4.79 Å². The second kappa shape index (κ2) is 5.45. The Labute approximate surface area is 127 Å². The van der Waals surface area contributed by atoms with Crippen LogP contribution >= 0.6 is 0 Å². The van der Waals surface area contributed by atoms with Gasteiger partial charge in [-0.25, -0.2) is 4.79 Å². The van der Waals surface area contributed by atoms with Crippen molar-refractivity contribution in [2.24, 2.45) is 0 Å². The molecule has 0 aliphatic heterocycles. The van der Waals surface area contributed by atoms with E-state index in [4.69, 9.17) is 5.11 Å². The summed E-state index contributed by atoms with van der Waals surface area (Å²) in [7, 11) is 0. The van der Waals surface area contributed by atoms with Gasteiger partial charge in [0.15, 0.2) is 0 Å². The summed E-state index contributed by atoms with van der Waals surface area (Å²) < 4.78 is 0. The van der Waals surface area contributed by atoms with Crippen LogP contribution in [0, 0.1) is 20.8 Å². The van der Waals surface area contributed by atoms with E-state index in [1.807, 2.05) is 0 Å². The number of allylic oxidation sites excluding steroid dienone is 1. The van der Waals surface area contributed by atoms with Crippen molar-refractivity contribution in [2.75, 3.05) is 0 Å². The van der Waals surface area contributed by atoms with Crippen molar-refractivity contribution in [1.29, 1.82) is 0 Å². The predicted octanol–water partition coefficient (Wildman–Crippen LogP) is 3.02. The summed E-state index contributed by atoms with van der Waals surface area (Å²) in [5.41, 5.74) is 7.33. The number of carboxylic acid groups (broad SMARTS) is 1. The third kappa shape index (κ3) is 2.69. The molecule has 0 saturated heterocycles. The van der Waals surface area contributed by atoms with Crippen molar-refractivity contribution in [1.82, 2.24) is 0 Å². The third-order valence-electron chi connectivity index (χ3n) is 3.58. The van der Waals surface area contributed by atoms with E-state index < -0.39 is 5.97 Å². The average Bonchev–Trinajstić information content (AvgIpc) is 2.58. The van der Waals surface area contributed by atoms with Gasteiger partial charge >= 0.3 is 5.97 Å². The summed E-state index contributed by atoms with van der Waals surface area (Å²) in [4.78, 5) is 10.7. The van der Waals surface area contributed by atoms with E-state index in [0.29, 0.717) is 0 Å². The van der Waals surface area contributed by atoms with Gasteiger partial charge in [-0.1, -0.05) is 6.07 Å². The van der Waals surface area contributed by atoms with Gasteiger partial charge in [0.05, 0.1) is 0 Å². The van der Waals surface area contributed by atoms with Gasteiger partial charge < -0.3 is 5.11 Å². The van der Waals surface area contributed by atoms with Crippen LogP contribution in [0.1, 0.15) is 34.2 Å². The van der Waals surface area contributed by atoms with Crippen LogP contribution in [-0.4, -0.2) is 11.1 Å². The number of fused-ring (bicyclic) bond motifs is 1. The Morgan fingerprint density at radius 2 is 1.88 bits per heavy atom. The van der Waals surface area contributed by atoms with Crippen LogP contribution in [0.5, 0.6) is 0 Å². The molecule has 0 atom stereocenters. The van der Waals surface area contributed by atoms with E-state index in [-0.39, 0.29) is 32.7 Å². The number of rotatable bonds is 1. The molecule has 2 rings (SSSR count). The quantitative estimate of drug-likeness (QED) is 0.810. The molecular weight excluding hydrogens is 289 g/mol. The van der Waals surface area contributed by atoms with E-state index >= 15 is 0 Å². The summed E-state index contributed by atoms with van der Waals surface area (Å²) in [6.07, 6.45) is 3.17. The van der Waals surface area contributed by atoms with Crippen molar-refractivity contribution >= 4 is 11.5 Å². The summed E-state index contributed by atoms with van der Waals surface area (Å²) in [6.45, 7) is 6.34. The first-order valence-corrected chi connectivity index (χ1v) is 5.54. The number of aryl methyl sites for hydroxylation is 1. The zero-order valence-corrected chi connectivity index (χ0v) is 13.3. The first-order valence-electron chi connectivity index (χ1n) is 5.54. The van der Waals surface area contributed by atoms with Crippen LogP contribution in [0.15, 0.2) is 12.1 Å². The van der Waals surface area contributed by atoms with Crippen LogP contribution < -0.4 is 0 Å². The molecule has 0 bridgehead atoms. The van der Waals surface area contributed by atoms with Crippen molar-refractivity contribution in [2.45, 2.75) is 33.6 Å². The van der Waals surface area contributed by atoms with Gasteiger partial charge in [-0.05, 0) is 67.0 Å². The fraction of sp³-hybridized carbons (Fsp3) is 0.357. The molecule has 3 heteroatoms. The van der Waals surface area contributed by atoms with E-state index in [2.05, 4.69) is 26.8 Å². The van der Waals surface area contributed by atoms with Crippen LogP contribution in [0.25, 0.3) is 5.57 Å².